The number of carbonyl (C=O) groups is 1. The Morgan fingerprint density at radius 1 is 1.11 bits per heavy atom. The smallest absolute Gasteiger partial charge is 0.246 e. The zero-order valence-electron chi connectivity index (χ0n) is 15.0. The summed E-state index contributed by atoms with van der Waals surface area (Å²) in [5.41, 5.74) is 0.564. The summed E-state index contributed by atoms with van der Waals surface area (Å²) in [6, 6.07) is 10.2. The molecule has 8 heteroatoms. The van der Waals surface area contributed by atoms with Crippen LogP contribution < -0.4 is 4.72 Å². The zero-order valence-corrected chi connectivity index (χ0v) is 15.8. The SMILES string of the molecule is O=C(/C=C/c1cccc(F)c1)N1CCCC(NS(=O)(=O)c2cccc(F)c2)C1. The lowest BCUT2D eigenvalue weighted by molar-refractivity contribution is -0.127. The largest absolute Gasteiger partial charge is 0.338 e. The fourth-order valence-electron chi connectivity index (χ4n) is 3.08. The Kier molecular flexibility index (Phi) is 6.21. The van der Waals surface area contributed by atoms with Crippen LogP contribution in [0, 0.1) is 11.6 Å². The standard InChI is InChI=1S/C20H20F2N2O3S/c21-16-5-1-4-15(12-16)9-10-20(25)24-11-3-7-18(14-24)23-28(26,27)19-8-2-6-17(22)13-19/h1-2,4-6,8-10,12-13,18,23H,3,7,11,14H2/b10-9+. The summed E-state index contributed by atoms with van der Waals surface area (Å²) in [4.78, 5) is 13.8. The summed E-state index contributed by atoms with van der Waals surface area (Å²) in [6.07, 6.45) is 4.08. The maximum absolute atomic E-state index is 13.3. The van der Waals surface area contributed by atoms with E-state index in [0.29, 0.717) is 24.9 Å². The summed E-state index contributed by atoms with van der Waals surface area (Å²) in [6.45, 7) is 0.714. The third-order valence-electron chi connectivity index (χ3n) is 4.43. The molecule has 1 N–H and O–H groups in total. The van der Waals surface area contributed by atoms with Gasteiger partial charge in [-0.25, -0.2) is 21.9 Å². The Balaban J connectivity index is 1.64. The molecular weight excluding hydrogens is 386 g/mol. The van der Waals surface area contributed by atoms with Crippen LogP contribution in [0.3, 0.4) is 0 Å². The van der Waals surface area contributed by atoms with Crippen molar-refractivity contribution in [2.75, 3.05) is 13.1 Å². The second kappa shape index (κ2) is 8.62. The van der Waals surface area contributed by atoms with Crippen molar-refractivity contribution in [1.82, 2.24) is 9.62 Å². The van der Waals surface area contributed by atoms with Crippen LogP contribution >= 0.6 is 0 Å². The van der Waals surface area contributed by atoms with Gasteiger partial charge in [0.25, 0.3) is 0 Å². The molecule has 1 heterocycles. The molecule has 2 aromatic carbocycles. The van der Waals surface area contributed by atoms with E-state index in [9.17, 15) is 22.0 Å². The Morgan fingerprint density at radius 2 is 1.82 bits per heavy atom. The number of halogens is 2. The van der Waals surface area contributed by atoms with Crippen molar-refractivity contribution in [3.05, 3.63) is 71.8 Å². The Labute approximate surface area is 162 Å². The molecule has 5 nitrogen and oxygen atoms in total. The van der Waals surface area contributed by atoms with Gasteiger partial charge in [-0.3, -0.25) is 4.79 Å². The number of likely N-dealkylation sites (tertiary alicyclic amines) is 1. The van der Waals surface area contributed by atoms with Crippen LogP contribution in [0.5, 0.6) is 0 Å². The minimum Gasteiger partial charge on any atom is -0.338 e. The molecule has 1 aliphatic heterocycles. The van der Waals surface area contributed by atoms with E-state index in [2.05, 4.69) is 4.72 Å². The number of amides is 1. The van der Waals surface area contributed by atoms with Crippen molar-refractivity contribution < 1.29 is 22.0 Å². The van der Waals surface area contributed by atoms with E-state index in [1.807, 2.05) is 0 Å². The highest BCUT2D eigenvalue weighted by molar-refractivity contribution is 7.89. The van der Waals surface area contributed by atoms with E-state index in [1.54, 1.807) is 12.1 Å². The second-order valence-corrected chi connectivity index (χ2v) is 8.30. The fraction of sp³-hybridized carbons (Fsp3) is 0.250. The van der Waals surface area contributed by atoms with Crippen molar-refractivity contribution in [1.29, 1.82) is 0 Å². The Bertz CT molecular complexity index is 992. The topological polar surface area (TPSA) is 66.5 Å². The number of sulfonamides is 1. The molecule has 1 unspecified atom stereocenters. The molecular formula is C20H20F2N2O3S. The van der Waals surface area contributed by atoms with Gasteiger partial charge in [-0.05, 0) is 54.8 Å². The summed E-state index contributed by atoms with van der Waals surface area (Å²) >= 11 is 0. The van der Waals surface area contributed by atoms with Crippen molar-refractivity contribution >= 4 is 22.0 Å². The summed E-state index contributed by atoms with van der Waals surface area (Å²) < 4.78 is 53.9. The summed E-state index contributed by atoms with van der Waals surface area (Å²) in [5, 5.41) is 0. The van der Waals surface area contributed by atoms with E-state index in [1.165, 1.54) is 47.4 Å². The summed E-state index contributed by atoms with van der Waals surface area (Å²) in [5.74, 6) is -1.30. The van der Waals surface area contributed by atoms with Gasteiger partial charge < -0.3 is 4.90 Å². The average molecular weight is 406 g/mol. The molecule has 1 atom stereocenters. The van der Waals surface area contributed by atoms with Gasteiger partial charge in [0, 0.05) is 25.2 Å². The van der Waals surface area contributed by atoms with Gasteiger partial charge in [0.15, 0.2) is 0 Å². The number of nitrogens with zero attached hydrogens (tertiary/aromatic N) is 1. The van der Waals surface area contributed by atoms with Crippen LogP contribution in [0.15, 0.2) is 59.5 Å². The molecule has 1 fully saturated rings. The molecule has 1 amide bonds. The van der Waals surface area contributed by atoms with Gasteiger partial charge in [-0.2, -0.15) is 0 Å². The third kappa shape index (κ3) is 5.24. The lowest BCUT2D eigenvalue weighted by Gasteiger charge is -2.32. The molecule has 1 aliphatic rings. The highest BCUT2D eigenvalue weighted by atomic mass is 32.2. The van der Waals surface area contributed by atoms with Gasteiger partial charge in [-0.15, -0.1) is 0 Å². The molecule has 0 aliphatic carbocycles. The number of piperidine rings is 1. The fourth-order valence-corrected chi connectivity index (χ4v) is 4.37. The van der Waals surface area contributed by atoms with Crippen LogP contribution in [0.2, 0.25) is 0 Å². The van der Waals surface area contributed by atoms with Gasteiger partial charge in [-0.1, -0.05) is 18.2 Å². The molecule has 0 radical (unpaired) electrons. The van der Waals surface area contributed by atoms with Gasteiger partial charge in [0.1, 0.15) is 11.6 Å². The molecule has 148 valence electrons. The van der Waals surface area contributed by atoms with Crippen LogP contribution in [0.4, 0.5) is 8.78 Å². The molecule has 2 aromatic rings. The van der Waals surface area contributed by atoms with Crippen molar-refractivity contribution in [3.8, 4) is 0 Å². The normalized spacial score (nSPS) is 17.8. The number of carbonyl (C=O) groups excluding carboxylic acids is 1. The first-order valence-electron chi connectivity index (χ1n) is 8.84. The quantitative estimate of drug-likeness (QED) is 0.777. The number of benzene rings is 2. The molecule has 3 rings (SSSR count). The van der Waals surface area contributed by atoms with E-state index in [0.717, 1.165) is 6.07 Å². The van der Waals surface area contributed by atoms with Crippen LogP contribution in [0.25, 0.3) is 6.08 Å². The summed E-state index contributed by atoms with van der Waals surface area (Å²) in [7, 11) is -3.88. The van der Waals surface area contributed by atoms with Crippen molar-refractivity contribution in [2.24, 2.45) is 0 Å². The highest BCUT2D eigenvalue weighted by Crippen LogP contribution is 2.16. The number of hydrogen-bond donors (Lipinski definition) is 1. The maximum atomic E-state index is 13.3. The Morgan fingerprint density at radius 3 is 2.54 bits per heavy atom. The predicted molar refractivity (Wildman–Crippen MR) is 102 cm³/mol. The minimum atomic E-state index is -3.88. The van der Waals surface area contributed by atoms with E-state index in [4.69, 9.17) is 0 Å². The first kappa shape index (κ1) is 20.2. The van der Waals surface area contributed by atoms with Gasteiger partial charge in [0.2, 0.25) is 15.9 Å². The minimum absolute atomic E-state index is 0.151. The van der Waals surface area contributed by atoms with E-state index >= 15 is 0 Å². The highest BCUT2D eigenvalue weighted by Gasteiger charge is 2.27. The van der Waals surface area contributed by atoms with Gasteiger partial charge in [0.05, 0.1) is 4.90 Å². The number of hydrogen-bond acceptors (Lipinski definition) is 3. The van der Waals surface area contributed by atoms with Crippen LogP contribution in [0.1, 0.15) is 18.4 Å². The van der Waals surface area contributed by atoms with E-state index in [-0.39, 0.29) is 23.2 Å². The first-order valence-corrected chi connectivity index (χ1v) is 10.3. The van der Waals surface area contributed by atoms with E-state index < -0.39 is 21.9 Å². The molecule has 0 bridgehead atoms. The van der Waals surface area contributed by atoms with Crippen LogP contribution in [-0.2, 0) is 14.8 Å². The lowest BCUT2D eigenvalue weighted by atomic mass is 10.1. The van der Waals surface area contributed by atoms with Crippen molar-refractivity contribution in [2.45, 2.75) is 23.8 Å². The van der Waals surface area contributed by atoms with Crippen LogP contribution in [-0.4, -0.2) is 38.4 Å². The van der Waals surface area contributed by atoms with Crippen molar-refractivity contribution in [3.63, 3.8) is 0 Å². The molecule has 0 saturated carbocycles. The molecule has 0 spiro atoms. The zero-order chi connectivity index (χ0) is 20.1. The monoisotopic (exact) mass is 406 g/mol. The van der Waals surface area contributed by atoms with Gasteiger partial charge >= 0.3 is 0 Å². The average Bonchev–Trinajstić information content (AvgIpc) is 2.66. The second-order valence-electron chi connectivity index (χ2n) is 6.59. The predicted octanol–water partition coefficient (Wildman–Crippen LogP) is 2.95. The number of rotatable bonds is 5. The maximum Gasteiger partial charge on any atom is 0.246 e. The first-order chi connectivity index (χ1) is 13.3. The molecule has 1 saturated heterocycles. The number of nitrogens with one attached hydrogen (secondary N) is 1. The molecule has 0 aromatic heterocycles. The third-order valence-corrected chi connectivity index (χ3v) is 5.95. The Hall–Kier alpha value is -2.58. The lowest BCUT2D eigenvalue weighted by Crippen LogP contribution is -2.49. The molecule has 28 heavy (non-hydrogen) atoms.